The maximum absolute atomic E-state index is 11.8. The van der Waals surface area contributed by atoms with Crippen molar-refractivity contribution in [3.63, 3.8) is 0 Å². The maximum atomic E-state index is 11.8. The van der Waals surface area contributed by atoms with Crippen molar-refractivity contribution in [1.82, 2.24) is 10.2 Å². The first-order valence-electron chi connectivity index (χ1n) is 7.67. The van der Waals surface area contributed by atoms with Gasteiger partial charge in [-0.25, -0.2) is 0 Å². The number of hydrogen-bond acceptors (Lipinski definition) is 3. The fourth-order valence-electron chi connectivity index (χ4n) is 2.98. The standard InChI is InChI=1S/C14H24N4O2/c15-14(17-8-12-2-1-5-20-12)16-7-10-6-13(19)18(9-10)11-3-4-11/h10-12H,1-9H2,(H3,15,16,17). The Morgan fingerprint density at radius 1 is 1.45 bits per heavy atom. The summed E-state index contributed by atoms with van der Waals surface area (Å²) in [7, 11) is 0. The number of aliphatic imine (C=N–C) groups is 1. The lowest BCUT2D eigenvalue weighted by molar-refractivity contribution is -0.128. The molecular weight excluding hydrogens is 256 g/mol. The monoisotopic (exact) mass is 280 g/mol. The van der Waals surface area contributed by atoms with E-state index in [0.717, 1.165) is 32.5 Å². The lowest BCUT2D eigenvalue weighted by Gasteiger charge is -2.15. The second kappa shape index (κ2) is 5.99. The van der Waals surface area contributed by atoms with Crippen molar-refractivity contribution < 1.29 is 9.53 Å². The summed E-state index contributed by atoms with van der Waals surface area (Å²) in [6.07, 6.45) is 5.46. The first kappa shape index (κ1) is 13.7. The largest absolute Gasteiger partial charge is 0.376 e. The van der Waals surface area contributed by atoms with Gasteiger partial charge in [-0.2, -0.15) is 0 Å². The highest BCUT2D eigenvalue weighted by Gasteiger charge is 2.39. The van der Waals surface area contributed by atoms with Crippen LogP contribution in [-0.4, -0.2) is 55.2 Å². The summed E-state index contributed by atoms with van der Waals surface area (Å²) in [5, 5.41) is 3.11. The van der Waals surface area contributed by atoms with E-state index in [4.69, 9.17) is 10.5 Å². The van der Waals surface area contributed by atoms with Crippen LogP contribution in [0.3, 0.4) is 0 Å². The zero-order valence-corrected chi connectivity index (χ0v) is 11.9. The average molecular weight is 280 g/mol. The molecule has 2 saturated heterocycles. The smallest absolute Gasteiger partial charge is 0.223 e. The lowest BCUT2D eigenvalue weighted by atomic mass is 10.1. The minimum Gasteiger partial charge on any atom is -0.376 e. The summed E-state index contributed by atoms with van der Waals surface area (Å²) in [5.74, 6) is 1.09. The number of nitrogens with one attached hydrogen (secondary N) is 1. The number of likely N-dealkylation sites (tertiary alicyclic amines) is 1. The molecule has 3 aliphatic rings. The molecule has 3 N–H and O–H groups in total. The molecule has 2 unspecified atom stereocenters. The Morgan fingerprint density at radius 3 is 3.00 bits per heavy atom. The third-order valence-electron chi connectivity index (χ3n) is 4.28. The van der Waals surface area contributed by atoms with Gasteiger partial charge in [-0.05, 0) is 25.7 Å². The van der Waals surface area contributed by atoms with Gasteiger partial charge in [0, 0.05) is 44.6 Å². The Balaban J connectivity index is 1.39. The highest BCUT2D eigenvalue weighted by Crippen LogP contribution is 2.32. The molecule has 3 fully saturated rings. The zero-order valence-electron chi connectivity index (χ0n) is 11.9. The molecule has 2 aliphatic heterocycles. The number of guanidine groups is 1. The van der Waals surface area contributed by atoms with Gasteiger partial charge in [0.2, 0.25) is 5.91 Å². The van der Waals surface area contributed by atoms with E-state index in [1.165, 1.54) is 12.8 Å². The highest BCUT2D eigenvalue weighted by molar-refractivity contribution is 5.80. The fourth-order valence-corrected chi connectivity index (χ4v) is 2.98. The molecule has 112 valence electrons. The van der Waals surface area contributed by atoms with Crippen LogP contribution in [0.25, 0.3) is 0 Å². The molecule has 0 radical (unpaired) electrons. The SMILES string of the molecule is NC(=NCC1CC(=O)N(C2CC2)C1)NCC1CCCO1. The van der Waals surface area contributed by atoms with Crippen LogP contribution < -0.4 is 11.1 Å². The van der Waals surface area contributed by atoms with Gasteiger partial charge < -0.3 is 20.7 Å². The van der Waals surface area contributed by atoms with Gasteiger partial charge >= 0.3 is 0 Å². The molecule has 2 atom stereocenters. The van der Waals surface area contributed by atoms with Crippen molar-refractivity contribution >= 4 is 11.9 Å². The van der Waals surface area contributed by atoms with Gasteiger partial charge in [-0.1, -0.05) is 0 Å². The summed E-state index contributed by atoms with van der Waals surface area (Å²) in [6, 6.07) is 0.520. The van der Waals surface area contributed by atoms with Crippen LogP contribution in [0, 0.1) is 5.92 Å². The van der Waals surface area contributed by atoms with E-state index in [2.05, 4.69) is 10.3 Å². The summed E-state index contributed by atoms with van der Waals surface area (Å²) >= 11 is 0. The second-order valence-electron chi connectivity index (χ2n) is 6.09. The van der Waals surface area contributed by atoms with E-state index in [1.807, 2.05) is 4.90 Å². The lowest BCUT2D eigenvalue weighted by Crippen LogP contribution is -2.37. The number of amides is 1. The first-order valence-corrected chi connectivity index (χ1v) is 7.67. The highest BCUT2D eigenvalue weighted by atomic mass is 16.5. The van der Waals surface area contributed by atoms with Gasteiger partial charge in [0.1, 0.15) is 0 Å². The van der Waals surface area contributed by atoms with Crippen molar-refractivity contribution in [2.24, 2.45) is 16.6 Å². The molecule has 0 aromatic carbocycles. The molecule has 2 heterocycles. The van der Waals surface area contributed by atoms with Crippen molar-refractivity contribution in [1.29, 1.82) is 0 Å². The van der Waals surface area contributed by atoms with Crippen molar-refractivity contribution in [3.05, 3.63) is 0 Å². The second-order valence-corrected chi connectivity index (χ2v) is 6.09. The minimum atomic E-state index is 0.266. The molecule has 0 spiro atoms. The number of hydrogen-bond donors (Lipinski definition) is 2. The Morgan fingerprint density at radius 2 is 2.30 bits per heavy atom. The molecule has 3 rings (SSSR count). The third-order valence-corrected chi connectivity index (χ3v) is 4.28. The summed E-state index contributed by atoms with van der Waals surface area (Å²) in [4.78, 5) is 18.2. The van der Waals surface area contributed by atoms with Gasteiger partial charge in [0.05, 0.1) is 6.10 Å². The van der Waals surface area contributed by atoms with Gasteiger partial charge in [-0.15, -0.1) is 0 Å². The van der Waals surface area contributed by atoms with Crippen molar-refractivity contribution in [2.75, 3.05) is 26.2 Å². The molecule has 6 heteroatoms. The van der Waals surface area contributed by atoms with Crippen LogP contribution in [-0.2, 0) is 9.53 Å². The number of nitrogens with two attached hydrogens (primary N) is 1. The number of carbonyl (C=O) groups is 1. The van der Waals surface area contributed by atoms with Crippen LogP contribution in [0.5, 0.6) is 0 Å². The number of nitrogens with zero attached hydrogens (tertiary/aromatic N) is 2. The molecule has 1 amide bonds. The van der Waals surface area contributed by atoms with E-state index in [-0.39, 0.29) is 6.10 Å². The summed E-state index contributed by atoms with van der Waals surface area (Å²) in [6.45, 7) is 3.07. The minimum absolute atomic E-state index is 0.266. The van der Waals surface area contributed by atoms with E-state index >= 15 is 0 Å². The Labute approximate surface area is 119 Å². The van der Waals surface area contributed by atoms with Gasteiger partial charge in [0.15, 0.2) is 5.96 Å². The summed E-state index contributed by atoms with van der Waals surface area (Å²) < 4.78 is 5.52. The van der Waals surface area contributed by atoms with Crippen molar-refractivity contribution in [2.45, 2.75) is 44.2 Å². The van der Waals surface area contributed by atoms with E-state index in [1.54, 1.807) is 0 Å². The molecule has 20 heavy (non-hydrogen) atoms. The molecular formula is C14H24N4O2. The number of carbonyl (C=O) groups excluding carboxylic acids is 1. The first-order chi connectivity index (χ1) is 9.72. The van der Waals surface area contributed by atoms with Crippen molar-refractivity contribution in [3.8, 4) is 0 Å². The molecule has 6 nitrogen and oxygen atoms in total. The molecule has 0 aromatic heterocycles. The van der Waals surface area contributed by atoms with Crippen LogP contribution in [0.4, 0.5) is 0 Å². The predicted octanol–water partition coefficient (Wildman–Crippen LogP) is 0.0806. The molecule has 0 aromatic rings. The molecule has 1 saturated carbocycles. The normalized spacial score (nSPS) is 31.1. The average Bonchev–Trinajstić information content (AvgIpc) is 3.00. The predicted molar refractivity (Wildman–Crippen MR) is 76.3 cm³/mol. The Bertz CT molecular complexity index is 389. The number of rotatable bonds is 5. The van der Waals surface area contributed by atoms with E-state index in [9.17, 15) is 4.79 Å². The van der Waals surface area contributed by atoms with Crippen LogP contribution in [0.2, 0.25) is 0 Å². The topological polar surface area (TPSA) is 80.0 Å². The zero-order chi connectivity index (χ0) is 13.9. The van der Waals surface area contributed by atoms with Gasteiger partial charge in [0.25, 0.3) is 0 Å². The Hall–Kier alpha value is -1.30. The quantitative estimate of drug-likeness (QED) is 0.552. The summed E-state index contributed by atoms with van der Waals surface area (Å²) in [5.41, 5.74) is 5.86. The van der Waals surface area contributed by atoms with E-state index < -0.39 is 0 Å². The fraction of sp³-hybridized carbons (Fsp3) is 0.857. The maximum Gasteiger partial charge on any atom is 0.223 e. The third kappa shape index (κ3) is 3.42. The molecule has 1 aliphatic carbocycles. The number of ether oxygens (including phenoxy) is 1. The van der Waals surface area contributed by atoms with Crippen LogP contribution in [0.1, 0.15) is 32.1 Å². The van der Waals surface area contributed by atoms with Gasteiger partial charge in [-0.3, -0.25) is 9.79 Å². The van der Waals surface area contributed by atoms with Crippen LogP contribution in [0.15, 0.2) is 4.99 Å². The molecule has 0 bridgehead atoms. The van der Waals surface area contributed by atoms with E-state index in [0.29, 0.717) is 36.8 Å². The van der Waals surface area contributed by atoms with Crippen LogP contribution >= 0.6 is 0 Å². The Kier molecular flexibility index (Phi) is 4.10.